The van der Waals surface area contributed by atoms with Gasteiger partial charge in [0.15, 0.2) is 0 Å². The van der Waals surface area contributed by atoms with Crippen LogP contribution < -0.4 is 0 Å². The molecule has 1 amide bonds. The van der Waals surface area contributed by atoms with E-state index in [1.165, 1.54) is 6.92 Å². The summed E-state index contributed by atoms with van der Waals surface area (Å²) in [7, 11) is 1.20. The molecule has 1 aromatic rings. The Morgan fingerprint density at radius 1 is 1.29 bits per heavy atom. The van der Waals surface area contributed by atoms with E-state index in [1.54, 1.807) is 4.90 Å². The summed E-state index contributed by atoms with van der Waals surface area (Å²) in [6.45, 7) is 6.57. The highest BCUT2D eigenvalue weighted by atomic mass is 35.7. The average molecular weight is 334 g/mol. The monoisotopic (exact) mass is 333 g/mol. The van der Waals surface area contributed by atoms with E-state index in [-0.39, 0.29) is 21.9 Å². The summed E-state index contributed by atoms with van der Waals surface area (Å²) in [5.74, 6) is -0.395. The minimum absolute atomic E-state index is 0.0126. The number of benzene rings is 1. The van der Waals surface area contributed by atoms with Crippen molar-refractivity contribution in [1.29, 1.82) is 0 Å². The van der Waals surface area contributed by atoms with E-state index in [4.69, 9.17) is 10.7 Å². The summed E-state index contributed by atoms with van der Waals surface area (Å²) in [6, 6.07) is 2.22. The molecule has 2 unspecified atom stereocenters. The third-order valence-electron chi connectivity index (χ3n) is 4.08. The zero-order valence-corrected chi connectivity index (χ0v) is 13.6. The Hall–Kier alpha value is -1.14. The van der Waals surface area contributed by atoms with E-state index in [2.05, 4.69) is 0 Å². The predicted octanol–water partition coefficient (Wildman–Crippen LogP) is 2.79. The number of likely N-dealkylation sites (tertiary alicyclic amines) is 1. The number of nitrogens with zero attached hydrogens (tertiary/aromatic N) is 1. The van der Waals surface area contributed by atoms with Crippen LogP contribution in [-0.4, -0.2) is 32.3 Å². The van der Waals surface area contributed by atoms with Crippen LogP contribution in [0.3, 0.4) is 0 Å². The van der Waals surface area contributed by atoms with Crippen molar-refractivity contribution in [2.75, 3.05) is 13.1 Å². The van der Waals surface area contributed by atoms with Crippen molar-refractivity contribution in [2.45, 2.75) is 25.7 Å². The van der Waals surface area contributed by atoms with E-state index in [1.807, 2.05) is 13.8 Å². The molecule has 4 nitrogen and oxygen atoms in total. The molecule has 0 aromatic heterocycles. The first-order chi connectivity index (χ1) is 9.61. The molecule has 2 rings (SSSR count). The maximum Gasteiger partial charge on any atom is 0.261 e. The van der Waals surface area contributed by atoms with Gasteiger partial charge in [0.25, 0.3) is 15.0 Å². The second-order valence-electron chi connectivity index (χ2n) is 5.68. The second kappa shape index (κ2) is 5.57. The molecule has 2 atom stereocenters. The molecule has 0 N–H and O–H groups in total. The van der Waals surface area contributed by atoms with Crippen molar-refractivity contribution in [1.82, 2.24) is 4.90 Å². The Labute approximate surface area is 128 Å². The molecule has 1 aromatic carbocycles. The SMILES string of the molecule is Cc1c(F)cc(C(=O)N2CC(C)C(C)C2)cc1S(=O)(=O)Cl. The van der Waals surface area contributed by atoms with Gasteiger partial charge in [-0.05, 0) is 30.9 Å². The number of hydrogen-bond donors (Lipinski definition) is 0. The van der Waals surface area contributed by atoms with Crippen LogP contribution in [0.25, 0.3) is 0 Å². The van der Waals surface area contributed by atoms with Crippen LogP contribution in [0.2, 0.25) is 0 Å². The van der Waals surface area contributed by atoms with Crippen molar-refractivity contribution < 1.29 is 17.6 Å². The smallest absolute Gasteiger partial charge is 0.261 e. The maximum atomic E-state index is 13.9. The van der Waals surface area contributed by atoms with Crippen molar-refractivity contribution >= 4 is 25.6 Å². The minimum atomic E-state index is -4.10. The predicted molar refractivity (Wildman–Crippen MR) is 78.4 cm³/mol. The number of hydrogen-bond acceptors (Lipinski definition) is 3. The molecule has 7 heteroatoms. The van der Waals surface area contributed by atoms with Gasteiger partial charge in [0.1, 0.15) is 5.82 Å². The van der Waals surface area contributed by atoms with Crippen LogP contribution in [0.15, 0.2) is 17.0 Å². The molecule has 0 saturated carbocycles. The van der Waals surface area contributed by atoms with Gasteiger partial charge in [-0.15, -0.1) is 0 Å². The fourth-order valence-electron chi connectivity index (χ4n) is 2.51. The standard InChI is InChI=1S/C14H17ClFNO3S/c1-8-6-17(7-9(8)2)14(18)11-4-12(16)10(3)13(5-11)21(15,19)20/h4-5,8-9H,6-7H2,1-3H3. The van der Waals surface area contributed by atoms with E-state index in [0.29, 0.717) is 24.9 Å². The average Bonchev–Trinajstić information content (AvgIpc) is 2.70. The number of carbonyl (C=O) groups excluding carboxylic acids is 1. The van der Waals surface area contributed by atoms with Gasteiger partial charge in [0.05, 0.1) is 4.90 Å². The van der Waals surface area contributed by atoms with E-state index in [9.17, 15) is 17.6 Å². The summed E-state index contributed by atoms with van der Waals surface area (Å²) in [5, 5.41) is 0. The largest absolute Gasteiger partial charge is 0.338 e. The van der Waals surface area contributed by atoms with Crippen molar-refractivity contribution in [2.24, 2.45) is 11.8 Å². The number of carbonyl (C=O) groups is 1. The van der Waals surface area contributed by atoms with E-state index in [0.717, 1.165) is 12.1 Å². The molecule has 1 aliphatic rings. The summed E-state index contributed by atoms with van der Waals surface area (Å²) in [6.07, 6.45) is 0. The molecule has 0 radical (unpaired) electrons. The van der Waals surface area contributed by atoms with E-state index >= 15 is 0 Å². The molecule has 0 bridgehead atoms. The Kier molecular flexibility index (Phi) is 4.31. The Bertz CT molecular complexity index is 680. The summed E-state index contributed by atoms with van der Waals surface area (Å²) in [4.78, 5) is 13.7. The summed E-state index contributed by atoms with van der Waals surface area (Å²) in [5.41, 5.74) is -0.0664. The van der Waals surface area contributed by atoms with Crippen molar-refractivity contribution in [3.05, 3.63) is 29.1 Å². The highest BCUT2D eigenvalue weighted by Gasteiger charge is 2.31. The molecule has 1 fully saturated rings. The molecular formula is C14H17ClFNO3S. The third-order valence-corrected chi connectivity index (χ3v) is 5.53. The van der Waals surface area contributed by atoms with Crippen LogP contribution in [0.5, 0.6) is 0 Å². The molecular weight excluding hydrogens is 317 g/mol. The van der Waals surface area contributed by atoms with Crippen LogP contribution >= 0.6 is 10.7 Å². The molecule has 0 spiro atoms. The van der Waals surface area contributed by atoms with Crippen LogP contribution in [0, 0.1) is 24.6 Å². The van der Waals surface area contributed by atoms with Crippen LogP contribution in [-0.2, 0) is 9.05 Å². The maximum absolute atomic E-state index is 13.9. The highest BCUT2D eigenvalue weighted by molar-refractivity contribution is 8.13. The molecule has 21 heavy (non-hydrogen) atoms. The van der Waals surface area contributed by atoms with Crippen LogP contribution in [0.1, 0.15) is 29.8 Å². The third kappa shape index (κ3) is 3.21. The van der Waals surface area contributed by atoms with Gasteiger partial charge >= 0.3 is 0 Å². The molecule has 1 heterocycles. The second-order valence-corrected chi connectivity index (χ2v) is 8.22. The summed E-state index contributed by atoms with van der Waals surface area (Å²) >= 11 is 0. The van der Waals surface area contributed by atoms with Gasteiger partial charge in [-0.2, -0.15) is 0 Å². The lowest BCUT2D eigenvalue weighted by Crippen LogP contribution is -2.29. The first-order valence-corrected chi connectivity index (χ1v) is 8.96. The number of amides is 1. The Balaban J connectivity index is 2.42. The fraction of sp³-hybridized carbons (Fsp3) is 0.500. The Morgan fingerprint density at radius 3 is 2.29 bits per heavy atom. The zero-order chi connectivity index (χ0) is 15.9. The first kappa shape index (κ1) is 16.2. The minimum Gasteiger partial charge on any atom is -0.338 e. The normalized spacial score (nSPS) is 22.6. The van der Waals surface area contributed by atoms with Gasteiger partial charge < -0.3 is 4.90 Å². The molecule has 1 aliphatic heterocycles. The van der Waals surface area contributed by atoms with Crippen LogP contribution in [0.4, 0.5) is 4.39 Å². The topological polar surface area (TPSA) is 54.5 Å². The lowest BCUT2D eigenvalue weighted by molar-refractivity contribution is 0.0784. The van der Waals surface area contributed by atoms with Crippen molar-refractivity contribution in [3.63, 3.8) is 0 Å². The summed E-state index contributed by atoms with van der Waals surface area (Å²) < 4.78 is 36.8. The first-order valence-electron chi connectivity index (χ1n) is 6.65. The van der Waals surface area contributed by atoms with Gasteiger partial charge in [-0.25, -0.2) is 12.8 Å². The highest BCUT2D eigenvalue weighted by Crippen LogP contribution is 2.27. The number of halogens is 2. The zero-order valence-electron chi connectivity index (χ0n) is 12.1. The fourth-order valence-corrected chi connectivity index (χ4v) is 3.72. The van der Waals surface area contributed by atoms with Gasteiger partial charge in [-0.1, -0.05) is 13.8 Å². The van der Waals surface area contributed by atoms with Gasteiger partial charge in [0, 0.05) is 34.9 Å². The molecule has 116 valence electrons. The lowest BCUT2D eigenvalue weighted by Gasteiger charge is -2.17. The molecule has 0 aliphatic carbocycles. The molecule has 1 saturated heterocycles. The van der Waals surface area contributed by atoms with Gasteiger partial charge in [-0.3, -0.25) is 4.79 Å². The van der Waals surface area contributed by atoms with E-state index < -0.39 is 14.9 Å². The quantitative estimate of drug-likeness (QED) is 0.782. The van der Waals surface area contributed by atoms with Crippen molar-refractivity contribution in [3.8, 4) is 0 Å². The lowest BCUT2D eigenvalue weighted by atomic mass is 10.0. The number of rotatable bonds is 2. The Morgan fingerprint density at radius 2 is 1.81 bits per heavy atom. The van der Waals surface area contributed by atoms with Gasteiger partial charge in [0.2, 0.25) is 0 Å².